The third kappa shape index (κ3) is 4.08. The van der Waals surface area contributed by atoms with Crippen LogP contribution in [-0.4, -0.2) is 19.0 Å². The molecule has 5 heteroatoms. The molecule has 1 atom stereocenters. The van der Waals surface area contributed by atoms with Gasteiger partial charge >= 0.3 is 0 Å². The summed E-state index contributed by atoms with van der Waals surface area (Å²) in [6.45, 7) is 1.74. The summed E-state index contributed by atoms with van der Waals surface area (Å²) in [6, 6.07) is 12.6. The fourth-order valence-electron chi connectivity index (χ4n) is 1.80. The molecule has 0 aliphatic carbocycles. The van der Waals surface area contributed by atoms with Crippen molar-refractivity contribution < 1.29 is 14.3 Å². The topological polar surface area (TPSA) is 35.5 Å². The molecule has 0 saturated carbocycles. The van der Waals surface area contributed by atoms with Crippen LogP contribution in [0.2, 0.25) is 0 Å². The predicted molar refractivity (Wildman–Crippen MR) is 89.3 cm³/mol. The fourth-order valence-corrected chi connectivity index (χ4v) is 2.51. The number of benzene rings is 2. The van der Waals surface area contributed by atoms with E-state index in [9.17, 15) is 4.79 Å². The van der Waals surface area contributed by atoms with Gasteiger partial charge in [-0.1, -0.05) is 28.1 Å². The maximum atomic E-state index is 12.3. The van der Waals surface area contributed by atoms with Crippen molar-refractivity contribution >= 4 is 37.6 Å². The first-order valence-corrected chi connectivity index (χ1v) is 7.90. The molecule has 2 aromatic carbocycles. The Morgan fingerprint density at radius 1 is 1.10 bits per heavy atom. The van der Waals surface area contributed by atoms with Gasteiger partial charge < -0.3 is 9.47 Å². The van der Waals surface area contributed by atoms with Crippen LogP contribution in [-0.2, 0) is 0 Å². The largest absolute Gasteiger partial charge is 0.497 e. The number of halogens is 2. The molecule has 110 valence electrons. The van der Waals surface area contributed by atoms with Gasteiger partial charge in [-0.25, -0.2) is 0 Å². The van der Waals surface area contributed by atoms with Crippen LogP contribution < -0.4 is 9.47 Å². The van der Waals surface area contributed by atoms with Crippen LogP contribution in [0.5, 0.6) is 11.5 Å². The molecule has 0 aliphatic rings. The Morgan fingerprint density at radius 3 is 2.33 bits per heavy atom. The molecule has 0 N–H and O–H groups in total. The summed E-state index contributed by atoms with van der Waals surface area (Å²) in [7, 11) is 1.60. The van der Waals surface area contributed by atoms with Gasteiger partial charge in [-0.2, -0.15) is 0 Å². The molecule has 0 spiro atoms. The molecule has 0 bridgehead atoms. The van der Waals surface area contributed by atoms with Crippen LogP contribution in [0.1, 0.15) is 17.3 Å². The lowest BCUT2D eigenvalue weighted by Gasteiger charge is -2.15. The molecule has 0 radical (unpaired) electrons. The van der Waals surface area contributed by atoms with Gasteiger partial charge in [0.1, 0.15) is 11.5 Å². The molecule has 3 nitrogen and oxygen atoms in total. The average molecular weight is 414 g/mol. The number of hydrogen-bond acceptors (Lipinski definition) is 3. The van der Waals surface area contributed by atoms with E-state index in [1.165, 1.54) is 0 Å². The van der Waals surface area contributed by atoms with Crippen LogP contribution in [0, 0.1) is 0 Å². The van der Waals surface area contributed by atoms with Gasteiger partial charge in [-0.05, 0) is 53.2 Å². The molecule has 0 amide bonds. The maximum absolute atomic E-state index is 12.3. The first kappa shape index (κ1) is 16.0. The van der Waals surface area contributed by atoms with E-state index in [0.717, 1.165) is 14.7 Å². The highest BCUT2D eigenvalue weighted by Crippen LogP contribution is 2.30. The van der Waals surface area contributed by atoms with E-state index < -0.39 is 6.10 Å². The Balaban J connectivity index is 2.12. The van der Waals surface area contributed by atoms with Crippen molar-refractivity contribution in [2.75, 3.05) is 7.11 Å². The van der Waals surface area contributed by atoms with Crippen LogP contribution in [0.15, 0.2) is 51.4 Å². The fraction of sp³-hybridized carbons (Fsp3) is 0.188. The zero-order valence-corrected chi connectivity index (χ0v) is 14.8. The summed E-state index contributed by atoms with van der Waals surface area (Å²) in [5.41, 5.74) is 0.621. The number of hydrogen-bond donors (Lipinski definition) is 0. The van der Waals surface area contributed by atoms with E-state index in [1.807, 2.05) is 12.1 Å². The second-order valence-electron chi connectivity index (χ2n) is 4.43. The molecule has 2 rings (SSSR count). The van der Waals surface area contributed by atoms with Crippen LogP contribution in [0.3, 0.4) is 0 Å². The number of Topliss-reactive ketones (excluding diaryl/α,β-unsaturated/α-hetero) is 1. The van der Waals surface area contributed by atoms with E-state index in [0.29, 0.717) is 11.3 Å². The highest BCUT2D eigenvalue weighted by Gasteiger charge is 2.18. The highest BCUT2D eigenvalue weighted by molar-refractivity contribution is 9.10. The van der Waals surface area contributed by atoms with E-state index in [-0.39, 0.29) is 5.78 Å². The van der Waals surface area contributed by atoms with Crippen molar-refractivity contribution in [3.63, 3.8) is 0 Å². The van der Waals surface area contributed by atoms with Gasteiger partial charge in [-0.15, -0.1) is 0 Å². The van der Waals surface area contributed by atoms with Gasteiger partial charge in [0.15, 0.2) is 6.10 Å². The number of methoxy groups -OCH3 is 1. The van der Waals surface area contributed by atoms with E-state index in [1.54, 1.807) is 44.4 Å². The first-order valence-electron chi connectivity index (χ1n) is 6.31. The van der Waals surface area contributed by atoms with Crippen molar-refractivity contribution in [3.05, 3.63) is 57.0 Å². The molecular formula is C16H14Br2O3. The van der Waals surface area contributed by atoms with Crippen LogP contribution in [0.25, 0.3) is 0 Å². The van der Waals surface area contributed by atoms with Crippen LogP contribution in [0.4, 0.5) is 0 Å². The number of carbonyl (C=O) groups excluding carboxylic acids is 1. The quantitative estimate of drug-likeness (QED) is 0.656. The Kier molecular flexibility index (Phi) is 5.42. The van der Waals surface area contributed by atoms with Gasteiger partial charge in [0, 0.05) is 10.0 Å². The van der Waals surface area contributed by atoms with Gasteiger partial charge in [0.25, 0.3) is 0 Å². The van der Waals surface area contributed by atoms with Gasteiger partial charge in [0.2, 0.25) is 5.78 Å². The zero-order chi connectivity index (χ0) is 15.4. The third-order valence-electron chi connectivity index (χ3n) is 2.94. The number of carbonyl (C=O) groups is 1. The molecular weight excluding hydrogens is 400 g/mol. The van der Waals surface area contributed by atoms with Crippen molar-refractivity contribution in [2.45, 2.75) is 13.0 Å². The van der Waals surface area contributed by atoms with E-state index >= 15 is 0 Å². The molecule has 0 fully saturated rings. The predicted octanol–water partition coefficient (Wildman–Crippen LogP) is 4.87. The monoisotopic (exact) mass is 412 g/mol. The minimum absolute atomic E-state index is 0.0646. The lowest BCUT2D eigenvalue weighted by Crippen LogP contribution is -2.24. The van der Waals surface area contributed by atoms with Crippen molar-refractivity contribution in [1.29, 1.82) is 0 Å². The second-order valence-corrected chi connectivity index (χ2v) is 6.20. The Hall–Kier alpha value is -1.33. The van der Waals surface area contributed by atoms with Crippen molar-refractivity contribution in [3.8, 4) is 11.5 Å². The molecule has 0 aliphatic heterocycles. The molecule has 1 unspecified atom stereocenters. The highest BCUT2D eigenvalue weighted by atomic mass is 79.9. The molecule has 2 aromatic rings. The Bertz CT molecular complexity index is 638. The summed E-state index contributed by atoms with van der Waals surface area (Å²) in [5.74, 6) is 1.26. The summed E-state index contributed by atoms with van der Waals surface area (Å²) < 4.78 is 12.5. The molecule has 0 saturated heterocycles. The smallest absolute Gasteiger partial charge is 0.202 e. The van der Waals surface area contributed by atoms with Gasteiger partial charge in [0.05, 0.1) is 11.6 Å². The van der Waals surface area contributed by atoms with Gasteiger partial charge in [-0.3, -0.25) is 4.79 Å². The summed E-state index contributed by atoms with van der Waals surface area (Å²) in [6.07, 6.45) is -0.573. The summed E-state index contributed by atoms with van der Waals surface area (Å²) in [4.78, 5) is 12.3. The van der Waals surface area contributed by atoms with Crippen molar-refractivity contribution in [1.82, 2.24) is 0 Å². The zero-order valence-electron chi connectivity index (χ0n) is 11.6. The minimum atomic E-state index is -0.573. The van der Waals surface area contributed by atoms with Crippen molar-refractivity contribution in [2.24, 2.45) is 0 Å². The number of ketones is 1. The summed E-state index contributed by atoms with van der Waals surface area (Å²) in [5, 5.41) is 0. The number of rotatable bonds is 5. The van der Waals surface area contributed by atoms with E-state index in [2.05, 4.69) is 31.9 Å². The molecule has 21 heavy (non-hydrogen) atoms. The summed E-state index contributed by atoms with van der Waals surface area (Å²) >= 11 is 6.76. The normalized spacial score (nSPS) is 11.8. The Morgan fingerprint density at radius 2 is 1.76 bits per heavy atom. The van der Waals surface area contributed by atoms with Crippen LogP contribution >= 0.6 is 31.9 Å². The first-order chi connectivity index (χ1) is 10.0. The standard InChI is InChI=1S/C16H14Br2O3/c1-10(16(19)11-3-5-12(17)6-4-11)21-15-8-7-13(20-2)9-14(15)18/h3-10H,1-2H3. The Labute approximate surface area is 140 Å². The lowest BCUT2D eigenvalue weighted by molar-refractivity contribution is 0.0817. The van der Waals surface area contributed by atoms with E-state index in [4.69, 9.17) is 9.47 Å². The third-order valence-corrected chi connectivity index (χ3v) is 4.09. The second kappa shape index (κ2) is 7.09. The SMILES string of the molecule is COc1ccc(OC(C)C(=O)c2ccc(Br)cc2)c(Br)c1. The lowest BCUT2D eigenvalue weighted by atomic mass is 10.1. The minimum Gasteiger partial charge on any atom is -0.497 e. The maximum Gasteiger partial charge on any atom is 0.202 e. The molecule has 0 heterocycles. The number of ether oxygens (including phenoxy) is 2. The molecule has 0 aromatic heterocycles. The average Bonchev–Trinajstić information content (AvgIpc) is 2.49.